The second-order valence-electron chi connectivity index (χ2n) is 4.65. The van der Waals surface area contributed by atoms with E-state index in [4.69, 9.17) is 16.3 Å². The van der Waals surface area contributed by atoms with E-state index in [9.17, 15) is 0 Å². The molecule has 1 aromatic heterocycles. The zero-order valence-corrected chi connectivity index (χ0v) is 12.5. The Morgan fingerprint density at radius 3 is 2.85 bits per heavy atom. The average molecular weight is 291 g/mol. The minimum absolute atomic E-state index is 0.169. The normalized spacial score (nSPS) is 11.9. The third kappa shape index (κ3) is 3.87. The first-order chi connectivity index (χ1) is 9.70. The fourth-order valence-electron chi connectivity index (χ4n) is 1.89. The summed E-state index contributed by atoms with van der Waals surface area (Å²) < 4.78 is 5.56. The lowest BCUT2D eigenvalue weighted by Crippen LogP contribution is -2.07. The Labute approximate surface area is 124 Å². The van der Waals surface area contributed by atoms with Gasteiger partial charge in [-0.05, 0) is 43.2 Å². The molecular weight excluding hydrogens is 272 g/mol. The van der Waals surface area contributed by atoms with Crippen molar-refractivity contribution in [3.63, 3.8) is 0 Å². The predicted octanol–water partition coefficient (Wildman–Crippen LogP) is 4.70. The van der Waals surface area contributed by atoms with Gasteiger partial charge in [-0.1, -0.05) is 24.6 Å². The van der Waals surface area contributed by atoms with Gasteiger partial charge in [-0.2, -0.15) is 0 Å². The van der Waals surface area contributed by atoms with E-state index in [0.29, 0.717) is 11.6 Å². The maximum absolute atomic E-state index is 6.22. The summed E-state index contributed by atoms with van der Waals surface area (Å²) >= 11 is 6.22. The van der Waals surface area contributed by atoms with Crippen molar-refractivity contribution in [3.05, 3.63) is 53.3 Å². The number of nitrogens with zero attached hydrogens (tertiary/aromatic N) is 1. The average Bonchev–Trinajstić information content (AvgIpc) is 2.47. The van der Waals surface area contributed by atoms with Crippen molar-refractivity contribution in [2.24, 2.45) is 0 Å². The van der Waals surface area contributed by atoms with Crippen LogP contribution in [0.1, 0.15) is 31.9 Å². The molecule has 1 N–H and O–H groups in total. The van der Waals surface area contributed by atoms with E-state index in [1.165, 1.54) is 0 Å². The number of hydrogen-bond acceptors (Lipinski definition) is 3. The molecule has 3 nitrogen and oxygen atoms in total. The summed E-state index contributed by atoms with van der Waals surface area (Å²) in [5.74, 6) is 0.730. The van der Waals surface area contributed by atoms with Gasteiger partial charge in [0.2, 0.25) is 0 Å². The molecule has 0 spiro atoms. The standard InChI is InChI=1S/C16H19ClN2O/c1-3-9-20-16-7-6-14(10-15(16)17)19-12(2)13-5-4-8-18-11-13/h4-8,10-12,19H,3,9H2,1-2H3. The van der Waals surface area contributed by atoms with Crippen molar-refractivity contribution in [2.45, 2.75) is 26.3 Å². The predicted molar refractivity (Wildman–Crippen MR) is 83.5 cm³/mol. The number of ether oxygens (including phenoxy) is 1. The van der Waals surface area contributed by atoms with Crippen LogP contribution in [0.15, 0.2) is 42.7 Å². The van der Waals surface area contributed by atoms with Gasteiger partial charge in [-0.25, -0.2) is 0 Å². The molecule has 0 aliphatic carbocycles. The maximum Gasteiger partial charge on any atom is 0.138 e. The largest absolute Gasteiger partial charge is 0.492 e. The number of anilines is 1. The van der Waals surface area contributed by atoms with Crippen LogP contribution in [0.5, 0.6) is 5.75 Å². The second-order valence-corrected chi connectivity index (χ2v) is 5.05. The van der Waals surface area contributed by atoms with Gasteiger partial charge in [0.15, 0.2) is 0 Å². The highest BCUT2D eigenvalue weighted by Gasteiger charge is 2.07. The van der Waals surface area contributed by atoms with Crippen LogP contribution in [0, 0.1) is 0 Å². The molecule has 0 bridgehead atoms. The van der Waals surface area contributed by atoms with Crippen molar-refractivity contribution in [1.82, 2.24) is 4.98 Å². The van der Waals surface area contributed by atoms with Crippen LogP contribution in [0.3, 0.4) is 0 Å². The van der Waals surface area contributed by atoms with Crippen LogP contribution >= 0.6 is 11.6 Å². The zero-order chi connectivity index (χ0) is 14.4. The number of halogens is 1. The van der Waals surface area contributed by atoms with Gasteiger partial charge in [-0.3, -0.25) is 4.98 Å². The number of pyridine rings is 1. The Morgan fingerprint density at radius 2 is 2.20 bits per heavy atom. The summed E-state index contributed by atoms with van der Waals surface area (Å²) in [4.78, 5) is 4.13. The van der Waals surface area contributed by atoms with Gasteiger partial charge >= 0.3 is 0 Å². The molecule has 0 aliphatic rings. The fraction of sp³-hybridized carbons (Fsp3) is 0.312. The molecule has 2 rings (SSSR count). The summed E-state index contributed by atoms with van der Waals surface area (Å²) in [6.45, 7) is 4.84. The molecule has 1 atom stereocenters. The Hall–Kier alpha value is -1.74. The SMILES string of the molecule is CCCOc1ccc(NC(C)c2cccnc2)cc1Cl. The summed E-state index contributed by atoms with van der Waals surface area (Å²) in [5, 5.41) is 4.03. The first kappa shape index (κ1) is 14.7. The molecule has 1 heterocycles. The van der Waals surface area contributed by atoms with E-state index >= 15 is 0 Å². The lowest BCUT2D eigenvalue weighted by atomic mass is 10.1. The van der Waals surface area contributed by atoms with Gasteiger partial charge in [0.1, 0.15) is 5.75 Å². The molecule has 106 valence electrons. The Morgan fingerprint density at radius 1 is 1.35 bits per heavy atom. The molecule has 0 fully saturated rings. The molecule has 0 aliphatic heterocycles. The van der Waals surface area contributed by atoms with Crippen molar-refractivity contribution >= 4 is 17.3 Å². The van der Waals surface area contributed by atoms with E-state index < -0.39 is 0 Å². The summed E-state index contributed by atoms with van der Waals surface area (Å²) in [5.41, 5.74) is 2.10. The van der Waals surface area contributed by atoms with Crippen molar-refractivity contribution in [2.75, 3.05) is 11.9 Å². The van der Waals surface area contributed by atoms with E-state index in [2.05, 4.69) is 24.1 Å². The Bertz CT molecular complexity index is 545. The van der Waals surface area contributed by atoms with E-state index in [-0.39, 0.29) is 6.04 Å². The van der Waals surface area contributed by atoms with Crippen LogP contribution < -0.4 is 10.1 Å². The molecule has 4 heteroatoms. The zero-order valence-electron chi connectivity index (χ0n) is 11.8. The third-order valence-electron chi connectivity index (χ3n) is 2.96. The maximum atomic E-state index is 6.22. The fourth-order valence-corrected chi connectivity index (χ4v) is 2.12. The third-order valence-corrected chi connectivity index (χ3v) is 3.26. The molecule has 0 saturated carbocycles. The Kier molecular flexibility index (Phi) is 5.24. The number of rotatable bonds is 6. The first-order valence-corrected chi connectivity index (χ1v) is 7.17. The minimum atomic E-state index is 0.169. The lowest BCUT2D eigenvalue weighted by molar-refractivity contribution is 0.317. The molecule has 0 radical (unpaired) electrons. The Balaban J connectivity index is 2.05. The highest BCUT2D eigenvalue weighted by molar-refractivity contribution is 6.32. The van der Waals surface area contributed by atoms with Crippen LogP contribution in [0.4, 0.5) is 5.69 Å². The van der Waals surface area contributed by atoms with Crippen LogP contribution in [-0.4, -0.2) is 11.6 Å². The monoisotopic (exact) mass is 290 g/mol. The second kappa shape index (κ2) is 7.15. The van der Waals surface area contributed by atoms with Crippen LogP contribution in [-0.2, 0) is 0 Å². The summed E-state index contributed by atoms with van der Waals surface area (Å²) in [7, 11) is 0. The van der Waals surface area contributed by atoms with Crippen molar-refractivity contribution in [3.8, 4) is 5.75 Å². The first-order valence-electron chi connectivity index (χ1n) is 6.79. The van der Waals surface area contributed by atoms with E-state index in [0.717, 1.165) is 23.4 Å². The number of benzene rings is 1. The van der Waals surface area contributed by atoms with Gasteiger partial charge in [0, 0.05) is 18.1 Å². The molecule has 20 heavy (non-hydrogen) atoms. The molecular formula is C16H19ClN2O. The summed E-state index contributed by atoms with van der Waals surface area (Å²) in [6.07, 6.45) is 4.60. The number of nitrogens with one attached hydrogen (secondary N) is 1. The highest BCUT2D eigenvalue weighted by Crippen LogP contribution is 2.29. The topological polar surface area (TPSA) is 34.1 Å². The molecule has 1 aromatic carbocycles. The molecule has 0 amide bonds. The van der Waals surface area contributed by atoms with Gasteiger partial charge in [0.05, 0.1) is 17.7 Å². The summed E-state index contributed by atoms with van der Waals surface area (Å²) in [6, 6.07) is 9.91. The minimum Gasteiger partial charge on any atom is -0.492 e. The van der Waals surface area contributed by atoms with E-state index in [1.54, 1.807) is 6.20 Å². The van der Waals surface area contributed by atoms with Crippen molar-refractivity contribution < 1.29 is 4.74 Å². The highest BCUT2D eigenvalue weighted by atomic mass is 35.5. The molecule has 2 aromatic rings. The smallest absolute Gasteiger partial charge is 0.138 e. The van der Waals surface area contributed by atoms with Crippen LogP contribution in [0.2, 0.25) is 5.02 Å². The number of hydrogen-bond donors (Lipinski definition) is 1. The molecule has 1 unspecified atom stereocenters. The van der Waals surface area contributed by atoms with Gasteiger partial charge in [-0.15, -0.1) is 0 Å². The quantitative estimate of drug-likeness (QED) is 0.837. The van der Waals surface area contributed by atoms with Gasteiger partial charge < -0.3 is 10.1 Å². The van der Waals surface area contributed by atoms with Gasteiger partial charge in [0.25, 0.3) is 0 Å². The lowest BCUT2D eigenvalue weighted by Gasteiger charge is -2.16. The van der Waals surface area contributed by atoms with Crippen molar-refractivity contribution in [1.29, 1.82) is 0 Å². The van der Waals surface area contributed by atoms with Crippen LogP contribution in [0.25, 0.3) is 0 Å². The number of aromatic nitrogens is 1. The van der Waals surface area contributed by atoms with E-state index in [1.807, 2.05) is 36.5 Å². The molecule has 0 saturated heterocycles.